The molecule has 1 N–H and O–H groups in total. The summed E-state index contributed by atoms with van der Waals surface area (Å²) in [6, 6.07) is 11.2. The second-order valence-electron chi connectivity index (χ2n) is 7.73. The Morgan fingerprint density at radius 2 is 1.90 bits per heavy atom. The normalized spacial score (nSPS) is 15.4. The highest BCUT2D eigenvalue weighted by Crippen LogP contribution is 2.22. The Hall–Kier alpha value is -2.49. The first kappa shape index (κ1) is 21.7. The fraction of sp³-hybridized carbons (Fsp3) is 0.364. The molecule has 0 aliphatic carbocycles. The number of aromatic nitrogens is 2. The number of hydrogen-bond acceptors (Lipinski definition) is 5. The first-order chi connectivity index (χ1) is 14.9. The topological polar surface area (TPSA) is 84.3 Å². The van der Waals surface area contributed by atoms with Crippen LogP contribution >= 0.6 is 11.3 Å². The Morgan fingerprint density at radius 1 is 1.19 bits per heavy atom. The van der Waals surface area contributed by atoms with Gasteiger partial charge in [-0.15, -0.1) is 11.3 Å². The van der Waals surface area contributed by atoms with Gasteiger partial charge in [0.1, 0.15) is 4.21 Å². The zero-order valence-corrected chi connectivity index (χ0v) is 19.2. The van der Waals surface area contributed by atoms with Crippen LogP contribution in [0.5, 0.6) is 0 Å². The Kier molecular flexibility index (Phi) is 6.27. The number of likely N-dealkylation sites (tertiary alicyclic amines) is 1. The van der Waals surface area contributed by atoms with Crippen LogP contribution in [-0.4, -0.2) is 48.1 Å². The van der Waals surface area contributed by atoms with Crippen LogP contribution in [0.1, 0.15) is 41.4 Å². The lowest BCUT2D eigenvalue weighted by atomic mass is 10.0. The van der Waals surface area contributed by atoms with Gasteiger partial charge in [-0.25, -0.2) is 17.8 Å². The summed E-state index contributed by atoms with van der Waals surface area (Å²) in [5, 5.41) is 6.22. The lowest BCUT2D eigenvalue weighted by Gasteiger charge is -2.32. The van der Waals surface area contributed by atoms with Crippen LogP contribution in [0.4, 0.5) is 0 Å². The first-order valence-corrected chi connectivity index (χ1v) is 12.7. The molecule has 0 spiro atoms. The Morgan fingerprint density at radius 3 is 2.52 bits per heavy atom. The van der Waals surface area contributed by atoms with E-state index in [1.165, 1.54) is 16.9 Å². The molecule has 1 aliphatic heterocycles. The van der Waals surface area contributed by atoms with E-state index in [1.807, 2.05) is 42.8 Å². The molecular weight excluding hydrogens is 432 g/mol. The molecule has 0 unspecified atom stereocenters. The highest BCUT2D eigenvalue weighted by molar-refractivity contribution is 7.91. The number of nitrogens with one attached hydrogen (secondary N) is 1. The summed E-state index contributed by atoms with van der Waals surface area (Å²) in [7, 11) is -3.50. The predicted molar refractivity (Wildman–Crippen MR) is 121 cm³/mol. The molecule has 31 heavy (non-hydrogen) atoms. The predicted octanol–water partition coefficient (Wildman–Crippen LogP) is 3.39. The molecule has 2 aromatic heterocycles. The van der Waals surface area contributed by atoms with Crippen LogP contribution in [0.3, 0.4) is 0 Å². The van der Waals surface area contributed by atoms with Gasteiger partial charge >= 0.3 is 0 Å². The summed E-state index contributed by atoms with van der Waals surface area (Å²) in [6.07, 6.45) is 3.51. The standard InChI is InChI=1S/C22H26N4O3S2/c1-3-20-19(15-23-26(20)18-8-6-16(2)7-9-18)22(27)25-12-10-17(11-13-25)24-31(28,29)21-5-4-14-30-21/h4-9,14-15,17,24H,3,10-13H2,1-2H3. The Bertz CT molecular complexity index is 1140. The van der Waals surface area contributed by atoms with Crippen molar-refractivity contribution in [3.05, 3.63) is 64.8 Å². The number of aryl methyl sites for hydroxylation is 1. The number of amides is 1. The van der Waals surface area contributed by atoms with Gasteiger partial charge in [0, 0.05) is 19.1 Å². The monoisotopic (exact) mass is 458 g/mol. The summed E-state index contributed by atoms with van der Waals surface area (Å²) in [4.78, 5) is 15.0. The molecule has 0 bridgehead atoms. The molecule has 1 amide bonds. The molecule has 3 heterocycles. The second-order valence-corrected chi connectivity index (χ2v) is 10.6. The van der Waals surface area contributed by atoms with Gasteiger partial charge in [0.15, 0.2) is 0 Å². The molecule has 164 valence electrons. The minimum atomic E-state index is -3.50. The maximum absolute atomic E-state index is 13.2. The fourth-order valence-electron chi connectivity index (χ4n) is 3.87. The van der Waals surface area contributed by atoms with Gasteiger partial charge in [-0.05, 0) is 49.8 Å². The van der Waals surface area contributed by atoms with Crippen molar-refractivity contribution in [1.82, 2.24) is 19.4 Å². The minimum Gasteiger partial charge on any atom is -0.338 e. The molecule has 7 nitrogen and oxygen atoms in total. The van der Waals surface area contributed by atoms with Crippen molar-refractivity contribution >= 4 is 27.3 Å². The Balaban J connectivity index is 1.44. The zero-order chi connectivity index (χ0) is 22.0. The lowest BCUT2D eigenvalue weighted by Crippen LogP contribution is -2.46. The van der Waals surface area contributed by atoms with Crippen LogP contribution in [-0.2, 0) is 16.4 Å². The average molecular weight is 459 g/mol. The van der Waals surface area contributed by atoms with Crippen molar-refractivity contribution in [2.75, 3.05) is 13.1 Å². The number of sulfonamides is 1. The maximum Gasteiger partial charge on any atom is 0.257 e. The van der Waals surface area contributed by atoms with E-state index in [-0.39, 0.29) is 11.9 Å². The number of benzene rings is 1. The lowest BCUT2D eigenvalue weighted by molar-refractivity contribution is 0.0710. The fourth-order valence-corrected chi connectivity index (χ4v) is 6.18. The SMILES string of the molecule is CCc1c(C(=O)N2CCC(NS(=O)(=O)c3cccs3)CC2)cnn1-c1ccc(C)cc1. The van der Waals surface area contributed by atoms with E-state index in [9.17, 15) is 13.2 Å². The molecule has 1 aliphatic rings. The summed E-state index contributed by atoms with van der Waals surface area (Å²) >= 11 is 1.20. The van der Waals surface area contributed by atoms with Gasteiger partial charge in [0.05, 0.1) is 23.1 Å². The van der Waals surface area contributed by atoms with Crippen molar-refractivity contribution in [1.29, 1.82) is 0 Å². The summed E-state index contributed by atoms with van der Waals surface area (Å²) in [5.74, 6) is -0.0465. The zero-order valence-electron chi connectivity index (χ0n) is 17.6. The third kappa shape index (κ3) is 4.58. The van der Waals surface area contributed by atoms with Crippen LogP contribution in [0, 0.1) is 6.92 Å². The second kappa shape index (κ2) is 8.94. The van der Waals surface area contributed by atoms with Gasteiger partial charge in [0.25, 0.3) is 5.91 Å². The van der Waals surface area contributed by atoms with E-state index in [1.54, 1.807) is 28.6 Å². The smallest absolute Gasteiger partial charge is 0.257 e. The van der Waals surface area contributed by atoms with E-state index >= 15 is 0 Å². The number of nitrogens with zero attached hydrogens (tertiary/aromatic N) is 3. The highest BCUT2D eigenvalue weighted by Gasteiger charge is 2.29. The van der Waals surface area contributed by atoms with E-state index in [0.29, 0.717) is 42.1 Å². The Labute approximate surface area is 186 Å². The van der Waals surface area contributed by atoms with Crippen molar-refractivity contribution in [3.8, 4) is 5.69 Å². The van der Waals surface area contributed by atoms with Crippen molar-refractivity contribution in [3.63, 3.8) is 0 Å². The number of hydrogen-bond donors (Lipinski definition) is 1. The third-order valence-electron chi connectivity index (χ3n) is 5.58. The van der Waals surface area contributed by atoms with Gasteiger partial charge in [-0.3, -0.25) is 4.79 Å². The third-order valence-corrected chi connectivity index (χ3v) is 8.49. The molecule has 9 heteroatoms. The van der Waals surface area contributed by atoms with Crippen LogP contribution < -0.4 is 4.72 Å². The van der Waals surface area contributed by atoms with Crippen LogP contribution in [0.2, 0.25) is 0 Å². The van der Waals surface area contributed by atoms with E-state index < -0.39 is 10.0 Å². The van der Waals surface area contributed by atoms with E-state index in [0.717, 1.165) is 11.4 Å². The van der Waals surface area contributed by atoms with E-state index in [4.69, 9.17) is 0 Å². The van der Waals surface area contributed by atoms with Gasteiger partial charge in [-0.2, -0.15) is 5.10 Å². The summed E-state index contributed by atoms with van der Waals surface area (Å²) in [6.45, 7) is 5.07. The number of carbonyl (C=O) groups excluding carboxylic acids is 1. The number of rotatable bonds is 6. The molecule has 0 saturated carbocycles. The largest absolute Gasteiger partial charge is 0.338 e. The van der Waals surface area contributed by atoms with Crippen molar-refractivity contribution in [2.45, 2.75) is 43.4 Å². The summed E-state index contributed by atoms with van der Waals surface area (Å²) in [5.41, 5.74) is 3.60. The number of thiophene rings is 1. The average Bonchev–Trinajstić information content (AvgIpc) is 3.44. The van der Waals surface area contributed by atoms with Gasteiger partial charge in [-0.1, -0.05) is 30.7 Å². The molecule has 0 radical (unpaired) electrons. The molecule has 0 atom stereocenters. The maximum atomic E-state index is 13.2. The highest BCUT2D eigenvalue weighted by atomic mass is 32.2. The number of piperidine rings is 1. The minimum absolute atomic E-state index is 0.0465. The van der Waals surface area contributed by atoms with Crippen molar-refractivity contribution < 1.29 is 13.2 Å². The van der Waals surface area contributed by atoms with Gasteiger partial charge < -0.3 is 4.90 Å². The van der Waals surface area contributed by atoms with Gasteiger partial charge in [0.2, 0.25) is 10.0 Å². The molecule has 4 rings (SSSR count). The molecular formula is C22H26N4O3S2. The molecule has 3 aromatic rings. The number of carbonyl (C=O) groups is 1. The van der Waals surface area contributed by atoms with Crippen LogP contribution in [0.25, 0.3) is 5.69 Å². The van der Waals surface area contributed by atoms with E-state index in [2.05, 4.69) is 9.82 Å². The molecule has 1 aromatic carbocycles. The van der Waals surface area contributed by atoms with Crippen LogP contribution in [0.15, 0.2) is 52.2 Å². The molecule has 1 saturated heterocycles. The summed E-state index contributed by atoms with van der Waals surface area (Å²) < 4.78 is 29.8. The quantitative estimate of drug-likeness (QED) is 0.614. The molecule has 1 fully saturated rings. The van der Waals surface area contributed by atoms with Crippen molar-refractivity contribution in [2.24, 2.45) is 0 Å². The first-order valence-electron chi connectivity index (χ1n) is 10.4.